The van der Waals surface area contributed by atoms with Crippen LogP contribution < -0.4 is 32.2 Å². The van der Waals surface area contributed by atoms with Crippen molar-refractivity contribution in [1.82, 2.24) is 10.2 Å². The lowest BCUT2D eigenvalue weighted by atomic mass is 9.63. The number of fused-ring (bicyclic) bond motifs is 2. The second-order valence-electron chi connectivity index (χ2n) is 10.9. The summed E-state index contributed by atoms with van der Waals surface area (Å²) in [5, 5.41) is 13.6. The van der Waals surface area contributed by atoms with Crippen LogP contribution in [-0.2, 0) is 0 Å². The van der Waals surface area contributed by atoms with Crippen LogP contribution in [0.1, 0.15) is 31.2 Å². The van der Waals surface area contributed by atoms with Crippen molar-refractivity contribution in [3.63, 3.8) is 0 Å². The number of aromatic hydroxyl groups is 1. The van der Waals surface area contributed by atoms with E-state index >= 15 is 0 Å². The average molecular weight is 489 g/mol. The van der Waals surface area contributed by atoms with Crippen molar-refractivity contribution in [2.75, 3.05) is 31.1 Å². The van der Waals surface area contributed by atoms with Crippen LogP contribution >= 0.6 is 0 Å². The normalized spacial score (nSPS) is 24.8. The first-order chi connectivity index (χ1) is 17.4. The summed E-state index contributed by atoms with van der Waals surface area (Å²) in [4.78, 5) is 4.78. The SMILES string of the molecule is NC(N)=C(/C=C(\N)c1ccccc1O)N1CC2CCC(C1)N2c1cccc(OC2CC3(CNC3)C2)c1. The van der Waals surface area contributed by atoms with Crippen LogP contribution in [0.25, 0.3) is 5.70 Å². The summed E-state index contributed by atoms with van der Waals surface area (Å²) in [7, 11) is 0. The summed E-state index contributed by atoms with van der Waals surface area (Å²) in [6.07, 6.45) is 6.65. The highest BCUT2D eigenvalue weighted by atomic mass is 16.5. The molecule has 2 aromatic rings. The molecule has 8 nitrogen and oxygen atoms in total. The molecule has 8 heteroatoms. The Bertz CT molecular complexity index is 1180. The number of nitrogens with zero attached hydrogens (tertiary/aromatic N) is 2. The number of phenolic OH excluding ortho intramolecular Hbond substituents is 1. The standard InChI is InChI=1S/C28H36N6O2/c29-24(23-6-1-2-7-26(23)35)11-25(27(30)31)33-14-19-8-9-20(15-33)34(19)18-4-3-5-21(10-18)36-22-12-28(13-22)16-32-17-28/h1-7,10-11,19-20,22,32,35H,8-9,12-17,29-31H2/b24-11-. The third-order valence-corrected chi connectivity index (χ3v) is 8.37. The van der Waals surface area contributed by atoms with Gasteiger partial charge in [-0.15, -0.1) is 0 Å². The quantitative estimate of drug-likeness (QED) is 0.392. The van der Waals surface area contributed by atoms with Gasteiger partial charge in [0.2, 0.25) is 0 Å². The number of hydrogen-bond acceptors (Lipinski definition) is 8. The van der Waals surface area contributed by atoms with Gasteiger partial charge in [-0.1, -0.05) is 18.2 Å². The molecule has 0 aromatic heterocycles. The van der Waals surface area contributed by atoms with Crippen molar-refractivity contribution in [1.29, 1.82) is 0 Å². The van der Waals surface area contributed by atoms with Gasteiger partial charge in [-0.2, -0.15) is 0 Å². The molecule has 4 fully saturated rings. The lowest BCUT2D eigenvalue weighted by molar-refractivity contribution is -0.0495. The summed E-state index contributed by atoms with van der Waals surface area (Å²) in [6.45, 7) is 3.88. The predicted octanol–water partition coefficient (Wildman–Crippen LogP) is 2.26. The molecule has 2 aromatic carbocycles. The van der Waals surface area contributed by atoms with Crippen molar-refractivity contribution in [3.05, 3.63) is 71.7 Å². The second kappa shape index (κ2) is 8.85. The van der Waals surface area contributed by atoms with Crippen molar-refractivity contribution in [2.24, 2.45) is 22.6 Å². The zero-order valence-corrected chi connectivity index (χ0v) is 20.6. The molecule has 4 aliphatic rings. The molecule has 2 atom stereocenters. The highest BCUT2D eigenvalue weighted by Gasteiger charge is 2.49. The number of rotatable bonds is 6. The average Bonchev–Trinajstić information content (AvgIpc) is 3.08. The summed E-state index contributed by atoms with van der Waals surface area (Å²) >= 11 is 0. The highest BCUT2D eigenvalue weighted by Crippen LogP contribution is 2.46. The number of ether oxygens (including phenoxy) is 1. The van der Waals surface area contributed by atoms with Gasteiger partial charge in [0.25, 0.3) is 0 Å². The van der Waals surface area contributed by atoms with Crippen LogP contribution in [0, 0.1) is 5.41 Å². The number of nitrogens with one attached hydrogen (secondary N) is 1. The third-order valence-electron chi connectivity index (χ3n) is 8.37. The van der Waals surface area contributed by atoms with E-state index in [0.717, 1.165) is 57.6 Å². The van der Waals surface area contributed by atoms with Gasteiger partial charge in [-0.05, 0) is 56.0 Å². The Morgan fingerprint density at radius 2 is 1.72 bits per heavy atom. The molecule has 3 saturated heterocycles. The van der Waals surface area contributed by atoms with Crippen molar-refractivity contribution >= 4 is 11.4 Å². The van der Waals surface area contributed by atoms with Crippen LogP contribution in [0.4, 0.5) is 5.69 Å². The van der Waals surface area contributed by atoms with Crippen molar-refractivity contribution in [3.8, 4) is 11.5 Å². The molecule has 36 heavy (non-hydrogen) atoms. The van der Waals surface area contributed by atoms with Gasteiger partial charge < -0.3 is 42.2 Å². The van der Waals surface area contributed by atoms with E-state index in [1.165, 1.54) is 5.69 Å². The maximum Gasteiger partial charge on any atom is 0.124 e. The molecule has 1 spiro atoms. The molecular weight excluding hydrogens is 452 g/mol. The number of hydrogen-bond donors (Lipinski definition) is 5. The van der Waals surface area contributed by atoms with E-state index in [1.54, 1.807) is 24.3 Å². The molecule has 3 aliphatic heterocycles. The minimum atomic E-state index is 0.134. The first-order valence-electron chi connectivity index (χ1n) is 12.9. The van der Waals surface area contributed by atoms with Gasteiger partial charge in [-0.25, -0.2) is 0 Å². The lowest BCUT2D eigenvalue weighted by Gasteiger charge is -2.53. The molecule has 190 valence electrons. The Balaban J connectivity index is 1.17. The van der Waals surface area contributed by atoms with E-state index in [1.807, 2.05) is 6.07 Å². The summed E-state index contributed by atoms with van der Waals surface area (Å²) in [5.41, 5.74) is 22.0. The fourth-order valence-corrected chi connectivity index (χ4v) is 6.49. The van der Waals surface area contributed by atoms with Crippen LogP contribution in [0.2, 0.25) is 0 Å². The van der Waals surface area contributed by atoms with Gasteiger partial charge in [0.1, 0.15) is 17.3 Å². The minimum absolute atomic E-state index is 0.134. The molecule has 1 saturated carbocycles. The summed E-state index contributed by atoms with van der Waals surface area (Å²) in [5.74, 6) is 1.33. The zero-order valence-electron chi connectivity index (χ0n) is 20.6. The number of likely N-dealkylation sites (tertiary alicyclic amines) is 1. The first-order valence-corrected chi connectivity index (χ1v) is 12.9. The Labute approximate surface area is 212 Å². The predicted molar refractivity (Wildman–Crippen MR) is 142 cm³/mol. The van der Waals surface area contributed by atoms with E-state index in [-0.39, 0.29) is 11.6 Å². The number of piperazine rings is 1. The highest BCUT2D eigenvalue weighted by molar-refractivity contribution is 5.70. The smallest absolute Gasteiger partial charge is 0.124 e. The maximum absolute atomic E-state index is 10.2. The van der Waals surface area contributed by atoms with E-state index in [4.69, 9.17) is 21.9 Å². The number of para-hydroxylation sites is 1. The molecule has 8 N–H and O–H groups in total. The van der Waals surface area contributed by atoms with Crippen LogP contribution in [0.15, 0.2) is 66.1 Å². The number of phenols is 1. The number of benzene rings is 2. The topological polar surface area (TPSA) is 126 Å². The Hall–Kier alpha value is -3.52. The number of allylic oxidation sites excluding steroid dienone is 1. The maximum atomic E-state index is 10.2. The van der Waals surface area contributed by atoms with E-state index < -0.39 is 0 Å². The molecule has 3 heterocycles. The zero-order chi connectivity index (χ0) is 24.9. The van der Waals surface area contributed by atoms with Crippen LogP contribution in [0.3, 0.4) is 0 Å². The second-order valence-corrected chi connectivity index (χ2v) is 10.9. The minimum Gasteiger partial charge on any atom is -0.507 e. The number of anilines is 1. The molecule has 0 amide bonds. The molecule has 0 radical (unpaired) electrons. The molecule has 2 bridgehead atoms. The molecule has 1 aliphatic carbocycles. The first kappa shape index (κ1) is 22.9. The molecule has 2 unspecified atom stereocenters. The Morgan fingerprint density at radius 3 is 2.36 bits per heavy atom. The monoisotopic (exact) mass is 488 g/mol. The number of nitrogens with two attached hydrogens (primary N) is 3. The molecule has 6 rings (SSSR count). The fraction of sp³-hybridized carbons (Fsp3) is 0.429. The molecular formula is C28H36N6O2. The van der Waals surface area contributed by atoms with Crippen LogP contribution in [-0.4, -0.2) is 54.4 Å². The largest absolute Gasteiger partial charge is 0.507 e. The van der Waals surface area contributed by atoms with Gasteiger partial charge in [0.15, 0.2) is 0 Å². The Morgan fingerprint density at radius 1 is 1.00 bits per heavy atom. The van der Waals surface area contributed by atoms with Gasteiger partial charge >= 0.3 is 0 Å². The van der Waals surface area contributed by atoms with E-state index in [2.05, 4.69) is 39.4 Å². The van der Waals surface area contributed by atoms with Gasteiger partial charge in [0.05, 0.1) is 11.8 Å². The third kappa shape index (κ3) is 4.09. The van der Waals surface area contributed by atoms with Gasteiger partial charge in [0, 0.05) is 66.7 Å². The van der Waals surface area contributed by atoms with Crippen LogP contribution in [0.5, 0.6) is 11.5 Å². The Kier molecular flexibility index (Phi) is 5.63. The van der Waals surface area contributed by atoms with Gasteiger partial charge in [-0.3, -0.25) is 0 Å². The fourth-order valence-electron chi connectivity index (χ4n) is 6.49. The lowest BCUT2D eigenvalue weighted by Crippen LogP contribution is -2.62. The van der Waals surface area contributed by atoms with Crippen molar-refractivity contribution < 1.29 is 9.84 Å². The van der Waals surface area contributed by atoms with E-state index in [9.17, 15) is 5.11 Å². The summed E-state index contributed by atoms with van der Waals surface area (Å²) < 4.78 is 6.34. The van der Waals surface area contributed by atoms with E-state index in [0.29, 0.717) is 40.6 Å². The van der Waals surface area contributed by atoms with Crippen molar-refractivity contribution in [2.45, 2.75) is 43.9 Å². The summed E-state index contributed by atoms with van der Waals surface area (Å²) in [6, 6.07) is 16.3.